The van der Waals surface area contributed by atoms with Crippen LogP contribution in [0.15, 0.2) is 23.5 Å². The standard InChI is InChI=1S/C13H14ClN3S/c1-8-9(2)16-13(17-10(8)3)18-7-11-4-5-12(14)15-6-11/h4-6H,7H2,1-3H3. The molecule has 0 aliphatic rings. The largest absolute Gasteiger partial charge is 0.244 e. The second-order valence-electron chi connectivity index (χ2n) is 4.08. The lowest BCUT2D eigenvalue weighted by atomic mass is 10.2. The Labute approximate surface area is 116 Å². The lowest BCUT2D eigenvalue weighted by Gasteiger charge is -2.06. The number of nitrogens with zero attached hydrogens (tertiary/aromatic N) is 3. The number of hydrogen-bond donors (Lipinski definition) is 0. The van der Waals surface area contributed by atoms with Crippen LogP contribution < -0.4 is 0 Å². The molecule has 0 atom stereocenters. The van der Waals surface area contributed by atoms with E-state index >= 15 is 0 Å². The highest BCUT2D eigenvalue weighted by molar-refractivity contribution is 7.98. The van der Waals surface area contributed by atoms with E-state index in [9.17, 15) is 0 Å². The molecule has 2 heterocycles. The van der Waals surface area contributed by atoms with E-state index in [2.05, 4.69) is 15.0 Å². The van der Waals surface area contributed by atoms with Gasteiger partial charge in [-0.15, -0.1) is 0 Å². The normalized spacial score (nSPS) is 10.7. The fraction of sp³-hybridized carbons (Fsp3) is 0.308. The van der Waals surface area contributed by atoms with Gasteiger partial charge in [0.25, 0.3) is 0 Å². The molecule has 0 N–H and O–H groups in total. The fourth-order valence-corrected chi connectivity index (χ4v) is 2.43. The smallest absolute Gasteiger partial charge is 0.188 e. The van der Waals surface area contributed by atoms with Crippen LogP contribution in [-0.2, 0) is 5.75 Å². The number of aryl methyl sites for hydroxylation is 2. The van der Waals surface area contributed by atoms with Crippen molar-refractivity contribution in [1.29, 1.82) is 0 Å². The highest BCUT2D eigenvalue weighted by Crippen LogP contribution is 2.21. The quantitative estimate of drug-likeness (QED) is 0.487. The van der Waals surface area contributed by atoms with Gasteiger partial charge in [0.05, 0.1) is 0 Å². The summed E-state index contributed by atoms with van der Waals surface area (Å²) < 4.78 is 0. The minimum absolute atomic E-state index is 0.516. The molecule has 0 saturated carbocycles. The molecule has 2 rings (SSSR count). The number of thioether (sulfide) groups is 1. The van der Waals surface area contributed by atoms with Gasteiger partial charge >= 0.3 is 0 Å². The summed E-state index contributed by atoms with van der Waals surface area (Å²) in [6.45, 7) is 6.07. The van der Waals surface area contributed by atoms with E-state index in [4.69, 9.17) is 11.6 Å². The van der Waals surface area contributed by atoms with E-state index in [1.165, 1.54) is 0 Å². The third kappa shape index (κ3) is 3.21. The van der Waals surface area contributed by atoms with Gasteiger partial charge in [-0.3, -0.25) is 0 Å². The number of hydrogen-bond acceptors (Lipinski definition) is 4. The van der Waals surface area contributed by atoms with Crippen molar-refractivity contribution in [3.63, 3.8) is 0 Å². The molecule has 0 bridgehead atoms. The zero-order chi connectivity index (χ0) is 13.1. The second kappa shape index (κ2) is 5.67. The Bertz CT molecular complexity index is 532. The van der Waals surface area contributed by atoms with Crippen molar-refractivity contribution in [3.05, 3.63) is 46.0 Å². The van der Waals surface area contributed by atoms with E-state index in [0.29, 0.717) is 5.15 Å². The molecule has 0 aliphatic heterocycles. The first kappa shape index (κ1) is 13.3. The summed E-state index contributed by atoms with van der Waals surface area (Å²) in [6.07, 6.45) is 1.78. The van der Waals surface area contributed by atoms with E-state index in [1.54, 1.807) is 24.0 Å². The highest BCUT2D eigenvalue weighted by Gasteiger charge is 2.05. The molecule has 94 valence electrons. The minimum Gasteiger partial charge on any atom is -0.244 e. The number of halogens is 1. The van der Waals surface area contributed by atoms with E-state index < -0.39 is 0 Å². The predicted octanol–water partition coefficient (Wildman–Crippen LogP) is 3.74. The van der Waals surface area contributed by atoms with Gasteiger partial charge in [-0.1, -0.05) is 29.4 Å². The first-order chi connectivity index (χ1) is 8.56. The molecule has 0 radical (unpaired) electrons. The number of pyridine rings is 1. The lowest BCUT2D eigenvalue weighted by molar-refractivity contribution is 0.880. The van der Waals surface area contributed by atoms with E-state index in [0.717, 1.165) is 33.4 Å². The van der Waals surface area contributed by atoms with Crippen molar-refractivity contribution >= 4 is 23.4 Å². The van der Waals surface area contributed by atoms with Crippen molar-refractivity contribution in [2.45, 2.75) is 31.7 Å². The topological polar surface area (TPSA) is 38.7 Å². The Morgan fingerprint density at radius 2 is 1.78 bits per heavy atom. The molecule has 3 nitrogen and oxygen atoms in total. The average Bonchev–Trinajstić information content (AvgIpc) is 2.35. The minimum atomic E-state index is 0.516. The van der Waals surface area contributed by atoms with Gasteiger partial charge in [-0.05, 0) is 38.0 Å². The SMILES string of the molecule is Cc1nc(SCc2ccc(Cl)nc2)nc(C)c1C. The van der Waals surface area contributed by atoms with Crippen LogP contribution in [0.5, 0.6) is 0 Å². The van der Waals surface area contributed by atoms with Crippen molar-refractivity contribution < 1.29 is 0 Å². The molecule has 0 spiro atoms. The van der Waals surface area contributed by atoms with Gasteiger partial charge in [-0.2, -0.15) is 0 Å². The number of aromatic nitrogens is 3. The predicted molar refractivity (Wildman–Crippen MR) is 75.1 cm³/mol. The molecular weight excluding hydrogens is 266 g/mol. The summed E-state index contributed by atoms with van der Waals surface area (Å²) in [7, 11) is 0. The van der Waals surface area contributed by atoms with Crippen LogP contribution in [0.4, 0.5) is 0 Å². The van der Waals surface area contributed by atoms with Crippen LogP contribution in [0.2, 0.25) is 5.15 Å². The van der Waals surface area contributed by atoms with Crippen LogP contribution in [0.25, 0.3) is 0 Å². The average molecular weight is 280 g/mol. The van der Waals surface area contributed by atoms with Crippen LogP contribution in [0, 0.1) is 20.8 Å². The zero-order valence-electron chi connectivity index (χ0n) is 10.6. The van der Waals surface area contributed by atoms with Gasteiger partial charge in [0.15, 0.2) is 5.16 Å². The Balaban J connectivity index is 2.08. The maximum atomic E-state index is 5.75. The second-order valence-corrected chi connectivity index (χ2v) is 5.41. The van der Waals surface area contributed by atoms with Gasteiger partial charge in [0, 0.05) is 23.3 Å². The van der Waals surface area contributed by atoms with Crippen LogP contribution >= 0.6 is 23.4 Å². The molecule has 0 fully saturated rings. The molecule has 18 heavy (non-hydrogen) atoms. The Morgan fingerprint density at radius 3 is 2.33 bits per heavy atom. The summed E-state index contributed by atoms with van der Waals surface area (Å²) in [5.41, 5.74) is 4.36. The van der Waals surface area contributed by atoms with Gasteiger partial charge < -0.3 is 0 Å². The summed E-state index contributed by atoms with van der Waals surface area (Å²) in [5.74, 6) is 0.798. The van der Waals surface area contributed by atoms with Crippen LogP contribution in [-0.4, -0.2) is 15.0 Å². The van der Waals surface area contributed by atoms with Gasteiger partial charge in [0.1, 0.15) is 5.15 Å². The molecule has 0 saturated heterocycles. The van der Waals surface area contributed by atoms with E-state index in [-0.39, 0.29) is 0 Å². The van der Waals surface area contributed by atoms with Crippen molar-refractivity contribution in [3.8, 4) is 0 Å². The Hall–Kier alpha value is -1.13. The van der Waals surface area contributed by atoms with Crippen molar-refractivity contribution in [1.82, 2.24) is 15.0 Å². The Kier molecular flexibility index (Phi) is 4.19. The van der Waals surface area contributed by atoms with Crippen molar-refractivity contribution in [2.24, 2.45) is 0 Å². The van der Waals surface area contributed by atoms with E-state index in [1.807, 2.05) is 26.8 Å². The molecule has 0 unspecified atom stereocenters. The lowest BCUT2D eigenvalue weighted by Crippen LogP contribution is -1.98. The summed E-state index contributed by atoms with van der Waals surface area (Å²) in [6, 6.07) is 3.76. The first-order valence-corrected chi connectivity index (χ1v) is 6.97. The van der Waals surface area contributed by atoms with Gasteiger partial charge in [0.2, 0.25) is 0 Å². The maximum Gasteiger partial charge on any atom is 0.188 e. The molecular formula is C13H14ClN3S. The van der Waals surface area contributed by atoms with Crippen molar-refractivity contribution in [2.75, 3.05) is 0 Å². The molecule has 0 amide bonds. The highest BCUT2D eigenvalue weighted by atomic mass is 35.5. The molecule has 5 heteroatoms. The van der Waals surface area contributed by atoms with Crippen LogP contribution in [0.1, 0.15) is 22.5 Å². The third-order valence-corrected chi connectivity index (χ3v) is 3.91. The Morgan fingerprint density at radius 1 is 1.11 bits per heavy atom. The zero-order valence-corrected chi connectivity index (χ0v) is 12.1. The summed E-state index contributed by atoms with van der Waals surface area (Å²) in [5, 5.41) is 1.33. The molecule has 2 aromatic heterocycles. The monoisotopic (exact) mass is 279 g/mol. The fourth-order valence-electron chi connectivity index (χ4n) is 1.45. The van der Waals surface area contributed by atoms with Gasteiger partial charge in [-0.25, -0.2) is 15.0 Å². The molecule has 2 aromatic rings. The summed E-state index contributed by atoms with van der Waals surface area (Å²) in [4.78, 5) is 13.0. The third-order valence-electron chi connectivity index (χ3n) is 2.77. The van der Waals surface area contributed by atoms with Crippen LogP contribution in [0.3, 0.4) is 0 Å². The first-order valence-electron chi connectivity index (χ1n) is 5.61. The number of rotatable bonds is 3. The summed E-state index contributed by atoms with van der Waals surface area (Å²) >= 11 is 7.36. The molecule has 0 aliphatic carbocycles. The molecule has 0 aromatic carbocycles. The maximum absolute atomic E-state index is 5.75.